The molecule has 0 radical (unpaired) electrons. The van der Waals surface area contributed by atoms with Gasteiger partial charge in [0.05, 0.1) is 0 Å². The molecule has 0 bridgehead atoms. The highest BCUT2D eigenvalue weighted by Gasteiger charge is 2.22. The monoisotopic (exact) mass is 269 g/mol. The highest BCUT2D eigenvalue weighted by Crippen LogP contribution is 2.36. The van der Waals surface area contributed by atoms with E-state index in [0.717, 1.165) is 12.4 Å². The van der Waals surface area contributed by atoms with Crippen LogP contribution in [0.1, 0.15) is 19.4 Å². The molecule has 0 aromatic heterocycles. The lowest BCUT2D eigenvalue weighted by atomic mass is 10.1. The van der Waals surface area contributed by atoms with Crippen LogP contribution in [0.25, 0.3) is 0 Å². The Morgan fingerprint density at radius 1 is 1.41 bits per heavy atom. The number of nitrogens with one attached hydrogen (secondary N) is 1. The third kappa shape index (κ3) is 3.40. The predicted octanol–water partition coefficient (Wildman–Crippen LogP) is 3.56. The fraction of sp³-hybridized carbons (Fsp3) is 0.571. The summed E-state index contributed by atoms with van der Waals surface area (Å²) < 4.78 is 0. The van der Waals surface area contributed by atoms with Crippen LogP contribution in [0.15, 0.2) is 29.2 Å². The van der Waals surface area contributed by atoms with Gasteiger partial charge < -0.3 is 5.32 Å². The number of alkyl halides is 1. The van der Waals surface area contributed by atoms with E-state index >= 15 is 0 Å². The summed E-state index contributed by atoms with van der Waals surface area (Å²) in [6.45, 7) is 5.49. The van der Waals surface area contributed by atoms with Crippen molar-refractivity contribution in [2.45, 2.75) is 36.5 Å². The molecule has 0 spiro atoms. The van der Waals surface area contributed by atoms with Gasteiger partial charge in [-0.15, -0.1) is 23.4 Å². The maximum Gasteiger partial charge on any atom is 0.0263 e. The van der Waals surface area contributed by atoms with Crippen LogP contribution < -0.4 is 5.32 Å². The number of halogens is 1. The molecule has 1 nitrogen and oxygen atoms in total. The fourth-order valence-corrected chi connectivity index (χ4v) is 3.55. The van der Waals surface area contributed by atoms with Gasteiger partial charge >= 0.3 is 0 Å². The summed E-state index contributed by atoms with van der Waals surface area (Å²) in [6.07, 6.45) is 1.19. The summed E-state index contributed by atoms with van der Waals surface area (Å²) in [5, 5.41) is 4.28. The summed E-state index contributed by atoms with van der Waals surface area (Å²) in [4.78, 5) is 1.46. The Morgan fingerprint density at radius 3 is 2.88 bits per heavy atom. The minimum atomic E-state index is 0.497. The van der Waals surface area contributed by atoms with Gasteiger partial charge in [-0.3, -0.25) is 0 Å². The van der Waals surface area contributed by atoms with Crippen LogP contribution in [0.2, 0.25) is 0 Å². The maximum atomic E-state index is 5.87. The van der Waals surface area contributed by atoms with Gasteiger partial charge in [-0.2, -0.15) is 0 Å². The zero-order valence-corrected chi connectivity index (χ0v) is 12.0. The van der Waals surface area contributed by atoms with Crippen LogP contribution in [0, 0.1) is 5.92 Å². The highest BCUT2D eigenvalue weighted by atomic mass is 35.5. The first-order chi connectivity index (χ1) is 8.20. The third-order valence-electron chi connectivity index (χ3n) is 3.48. The lowest BCUT2D eigenvalue weighted by molar-refractivity contribution is 0.431. The third-order valence-corrected chi connectivity index (χ3v) is 5.28. The van der Waals surface area contributed by atoms with Gasteiger partial charge in [-0.1, -0.05) is 25.1 Å². The van der Waals surface area contributed by atoms with Crippen LogP contribution in [-0.4, -0.2) is 23.7 Å². The highest BCUT2D eigenvalue weighted by molar-refractivity contribution is 8.00. The van der Waals surface area contributed by atoms with Crippen molar-refractivity contribution in [1.82, 2.24) is 5.32 Å². The van der Waals surface area contributed by atoms with Gasteiger partial charge in [0.2, 0.25) is 0 Å². The first kappa shape index (κ1) is 13.3. The minimum absolute atomic E-state index is 0.497. The van der Waals surface area contributed by atoms with E-state index in [0.29, 0.717) is 17.2 Å². The number of thioether (sulfide) groups is 1. The Hall–Kier alpha value is -0.180. The topological polar surface area (TPSA) is 12.0 Å². The Morgan fingerprint density at radius 2 is 2.18 bits per heavy atom. The second-order valence-electron chi connectivity index (χ2n) is 4.88. The molecular formula is C14H20ClNS. The summed E-state index contributed by atoms with van der Waals surface area (Å²) in [7, 11) is 0. The molecule has 94 valence electrons. The molecule has 1 aromatic carbocycles. The number of benzene rings is 1. The van der Waals surface area contributed by atoms with E-state index in [1.54, 1.807) is 0 Å². The second kappa shape index (κ2) is 6.12. The number of rotatable bonds is 5. The van der Waals surface area contributed by atoms with E-state index < -0.39 is 0 Å². The molecule has 0 amide bonds. The van der Waals surface area contributed by atoms with Gasteiger partial charge in [0.1, 0.15) is 0 Å². The lowest BCUT2D eigenvalue weighted by Gasteiger charge is -2.21. The number of hydrogen-bond acceptors (Lipinski definition) is 2. The van der Waals surface area contributed by atoms with Crippen molar-refractivity contribution >= 4 is 23.4 Å². The average Bonchev–Trinajstić information content (AvgIpc) is 2.77. The standard InChI is InChI=1S/C14H20ClNS/c1-10(8-15)11(2)16-9-13-7-12-5-3-4-6-14(12)17-13/h3-6,10-11,13,16H,7-9H2,1-2H3. The Balaban J connectivity index is 1.80. The zero-order chi connectivity index (χ0) is 12.3. The van der Waals surface area contributed by atoms with Crippen LogP contribution in [-0.2, 0) is 6.42 Å². The van der Waals surface area contributed by atoms with Crippen molar-refractivity contribution in [2.75, 3.05) is 12.4 Å². The fourth-order valence-electron chi connectivity index (χ4n) is 2.02. The van der Waals surface area contributed by atoms with Gasteiger partial charge in [0, 0.05) is 28.6 Å². The van der Waals surface area contributed by atoms with Crippen molar-refractivity contribution in [2.24, 2.45) is 5.92 Å². The molecule has 3 atom stereocenters. The van der Waals surface area contributed by atoms with Crippen molar-refractivity contribution in [3.8, 4) is 0 Å². The lowest BCUT2D eigenvalue weighted by Crippen LogP contribution is -2.37. The molecule has 0 aliphatic carbocycles. The van der Waals surface area contributed by atoms with Crippen molar-refractivity contribution in [3.63, 3.8) is 0 Å². The molecule has 1 aliphatic heterocycles. The molecule has 3 heteroatoms. The molecule has 17 heavy (non-hydrogen) atoms. The first-order valence-electron chi connectivity index (χ1n) is 6.24. The quantitative estimate of drug-likeness (QED) is 0.821. The SMILES string of the molecule is CC(CCl)C(C)NCC1Cc2ccccc2S1. The molecule has 2 rings (SSSR count). The van der Waals surface area contributed by atoms with E-state index in [-0.39, 0.29) is 0 Å². The summed E-state index contributed by atoms with van der Waals surface area (Å²) in [5.74, 6) is 1.26. The van der Waals surface area contributed by atoms with Crippen molar-refractivity contribution in [3.05, 3.63) is 29.8 Å². The Kier molecular flexibility index (Phi) is 4.78. The van der Waals surface area contributed by atoms with Gasteiger partial charge in [0.25, 0.3) is 0 Å². The summed E-state index contributed by atoms with van der Waals surface area (Å²) in [6, 6.07) is 9.22. The van der Waals surface area contributed by atoms with E-state index in [1.807, 2.05) is 11.8 Å². The molecule has 1 N–H and O–H groups in total. The van der Waals surface area contributed by atoms with E-state index in [4.69, 9.17) is 11.6 Å². The predicted molar refractivity (Wildman–Crippen MR) is 77.1 cm³/mol. The molecule has 1 aromatic rings. The number of fused-ring (bicyclic) bond motifs is 1. The van der Waals surface area contributed by atoms with Crippen molar-refractivity contribution in [1.29, 1.82) is 0 Å². The van der Waals surface area contributed by atoms with Crippen LogP contribution >= 0.6 is 23.4 Å². The maximum absolute atomic E-state index is 5.87. The summed E-state index contributed by atoms with van der Waals surface area (Å²) >= 11 is 7.87. The molecule has 1 aliphatic rings. The van der Waals surface area contributed by atoms with E-state index in [2.05, 4.69) is 43.4 Å². The van der Waals surface area contributed by atoms with Crippen LogP contribution in [0.4, 0.5) is 0 Å². The largest absolute Gasteiger partial charge is 0.313 e. The molecular weight excluding hydrogens is 250 g/mol. The molecule has 1 heterocycles. The van der Waals surface area contributed by atoms with E-state index in [9.17, 15) is 0 Å². The zero-order valence-electron chi connectivity index (χ0n) is 10.4. The van der Waals surface area contributed by atoms with Crippen molar-refractivity contribution < 1.29 is 0 Å². The Labute approximate surface area is 113 Å². The average molecular weight is 270 g/mol. The van der Waals surface area contributed by atoms with Crippen LogP contribution in [0.5, 0.6) is 0 Å². The Bertz CT molecular complexity index is 344. The smallest absolute Gasteiger partial charge is 0.0263 e. The summed E-state index contributed by atoms with van der Waals surface area (Å²) in [5.41, 5.74) is 1.50. The molecule has 0 fully saturated rings. The minimum Gasteiger partial charge on any atom is -0.313 e. The molecule has 0 saturated carbocycles. The second-order valence-corrected chi connectivity index (χ2v) is 6.53. The van der Waals surface area contributed by atoms with Gasteiger partial charge in [-0.05, 0) is 30.9 Å². The van der Waals surface area contributed by atoms with E-state index in [1.165, 1.54) is 16.9 Å². The first-order valence-corrected chi connectivity index (χ1v) is 7.66. The molecule has 3 unspecified atom stereocenters. The van der Waals surface area contributed by atoms with Gasteiger partial charge in [0.15, 0.2) is 0 Å². The van der Waals surface area contributed by atoms with Crippen LogP contribution in [0.3, 0.4) is 0 Å². The molecule has 0 saturated heterocycles. The van der Waals surface area contributed by atoms with Gasteiger partial charge in [-0.25, -0.2) is 0 Å². The number of hydrogen-bond donors (Lipinski definition) is 1. The normalized spacial score (nSPS) is 22.2.